The molecular formula is C19H38Cl2N4O4. The molecule has 29 heavy (non-hydrogen) atoms. The lowest BCUT2D eigenvalue weighted by atomic mass is 9.78. The van der Waals surface area contributed by atoms with Crippen LogP contribution in [0.15, 0.2) is 0 Å². The van der Waals surface area contributed by atoms with Gasteiger partial charge in [-0.25, -0.2) is 0 Å². The SMILES string of the molecule is COCCCNC(=O)C(C)N1CCN(C(=O)C2(COC)CCNCC2)CC1.Cl.Cl. The van der Waals surface area contributed by atoms with Gasteiger partial charge in [0.05, 0.1) is 18.1 Å². The van der Waals surface area contributed by atoms with Gasteiger partial charge in [0.1, 0.15) is 0 Å². The molecule has 0 spiro atoms. The van der Waals surface area contributed by atoms with Crippen molar-refractivity contribution in [2.24, 2.45) is 5.41 Å². The highest BCUT2D eigenvalue weighted by Crippen LogP contribution is 2.32. The van der Waals surface area contributed by atoms with Crippen molar-refractivity contribution >= 4 is 36.6 Å². The Balaban J connectivity index is 0.00000392. The lowest BCUT2D eigenvalue weighted by Gasteiger charge is -2.43. The van der Waals surface area contributed by atoms with E-state index in [-0.39, 0.29) is 42.7 Å². The maximum atomic E-state index is 13.2. The topological polar surface area (TPSA) is 83.1 Å². The zero-order valence-electron chi connectivity index (χ0n) is 17.9. The summed E-state index contributed by atoms with van der Waals surface area (Å²) in [4.78, 5) is 29.6. The smallest absolute Gasteiger partial charge is 0.237 e. The van der Waals surface area contributed by atoms with Crippen LogP contribution in [0, 0.1) is 5.41 Å². The van der Waals surface area contributed by atoms with E-state index < -0.39 is 5.41 Å². The van der Waals surface area contributed by atoms with E-state index in [1.165, 1.54) is 0 Å². The highest BCUT2D eigenvalue weighted by atomic mass is 35.5. The largest absolute Gasteiger partial charge is 0.385 e. The van der Waals surface area contributed by atoms with Crippen molar-refractivity contribution in [2.75, 3.05) is 73.2 Å². The van der Waals surface area contributed by atoms with Crippen molar-refractivity contribution in [3.8, 4) is 0 Å². The van der Waals surface area contributed by atoms with E-state index in [2.05, 4.69) is 15.5 Å². The highest BCUT2D eigenvalue weighted by molar-refractivity contribution is 5.85. The van der Waals surface area contributed by atoms with Gasteiger partial charge in [0.15, 0.2) is 0 Å². The van der Waals surface area contributed by atoms with Gasteiger partial charge in [0.2, 0.25) is 11.8 Å². The van der Waals surface area contributed by atoms with E-state index in [0.717, 1.165) is 45.4 Å². The molecule has 10 heteroatoms. The summed E-state index contributed by atoms with van der Waals surface area (Å²) in [5.74, 6) is 0.252. The minimum atomic E-state index is -0.396. The van der Waals surface area contributed by atoms with Gasteiger partial charge in [-0.05, 0) is 39.3 Å². The summed E-state index contributed by atoms with van der Waals surface area (Å²) in [5.41, 5.74) is -0.396. The number of carbonyl (C=O) groups excluding carboxylic acids is 2. The zero-order valence-corrected chi connectivity index (χ0v) is 19.5. The molecule has 0 bridgehead atoms. The molecule has 0 aliphatic carbocycles. The van der Waals surface area contributed by atoms with Gasteiger partial charge in [-0.2, -0.15) is 0 Å². The molecule has 2 saturated heterocycles. The number of hydrogen-bond acceptors (Lipinski definition) is 6. The molecule has 2 aliphatic rings. The molecule has 0 aromatic rings. The molecule has 2 rings (SSSR count). The van der Waals surface area contributed by atoms with Crippen LogP contribution in [0.4, 0.5) is 0 Å². The van der Waals surface area contributed by atoms with Crippen LogP contribution >= 0.6 is 24.8 Å². The van der Waals surface area contributed by atoms with Crippen molar-refractivity contribution < 1.29 is 19.1 Å². The number of carbonyl (C=O) groups is 2. The number of methoxy groups -OCH3 is 2. The van der Waals surface area contributed by atoms with Crippen LogP contribution in [0.1, 0.15) is 26.2 Å². The first-order chi connectivity index (χ1) is 13.0. The summed E-state index contributed by atoms with van der Waals surface area (Å²) < 4.78 is 10.4. The minimum absolute atomic E-state index is 0. The molecule has 2 N–H and O–H groups in total. The third-order valence-electron chi connectivity index (χ3n) is 5.79. The van der Waals surface area contributed by atoms with Crippen molar-refractivity contribution in [1.29, 1.82) is 0 Å². The maximum absolute atomic E-state index is 13.2. The summed E-state index contributed by atoms with van der Waals surface area (Å²) in [6, 6.07) is -0.184. The first-order valence-corrected chi connectivity index (χ1v) is 10.0. The number of piperazine rings is 1. The maximum Gasteiger partial charge on any atom is 0.237 e. The Morgan fingerprint density at radius 1 is 1.07 bits per heavy atom. The Morgan fingerprint density at radius 3 is 2.24 bits per heavy atom. The number of ether oxygens (including phenoxy) is 2. The lowest BCUT2D eigenvalue weighted by molar-refractivity contribution is -0.150. The quantitative estimate of drug-likeness (QED) is 0.492. The van der Waals surface area contributed by atoms with Gasteiger partial charge in [-0.1, -0.05) is 0 Å². The lowest BCUT2D eigenvalue weighted by Crippen LogP contribution is -2.59. The number of nitrogens with zero attached hydrogens (tertiary/aromatic N) is 2. The predicted octanol–water partition coefficient (Wildman–Crippen LogP) is 0.532. The average molecular weight is 457 g/mol. The monoisotopic (exact) mass is 456 g/mol. The Labute approximate surface area is 187 Å². The molecule has 2 aliphatic heterocycles. The molecule has 0 saturated carbocycles. The van der Waals surface area contributed by atoms with E-state index >= 15 is 0 Å². The van der Waals surface area contributed by atoms with Crippen LogP contribution < -0.4 is 10.6 Å². The molecule has 1 atom stereocenters. The molecule has 2 heterocycles. The van der Waals surface area contributed by atoms with Crippen LogP contribution in [-0.4, -0.2) is 101 Å². The van der Waals surface area contributed by atoms with E-state index in [1.54, 1.807) is 14.2 Å². The van der Waals surface area contributed by atoms with Crippen molar-refractivity contribution in [1.82, 2.24) is 20.4 Å². The van der Waals surface area contributed by atoms with Gasteiger partial charge in [0.25, 0.3) is 0 Å². The fourth-order valence-electron chi connectivity index (χ4n) is 3.99. The van der Waals surface area contributed by atoms with Gasteiger partial charge < -0.3 is 25.0 Å². The first kappa shape index (κ1) is 28.4. The molecule has 0 radical (unpaired) electrons. The van der Waals surface area contributed by atoms with Gasteiger partial charge >= 0.3 is 0 Å². The number of nitrogens with one attached hydrogen (secondary N) is 2. The summed E-state index contributed by atoms with van der Waals surface area (Å²) >= 11 is 0. The third kappa shape index (κ3) is 7.84. The second-order valence-electron chi connectivity index (χ2n) is 7.60. The number of halogens is 2. The fourth-order valence-corrected chi connectivity index (χ4v) is 3.99. The van der Waals surface area contributed by atoms with Crippen molar-refractivity contribution in [2.45, 2.75) is 32.2 Å². The number of hydrogen-bond donors (Lipinski definition) is 2. The van der Waals surface area contributed by atoms with E-state index in [4.69, 9.17) is 9.47 Å². The molecule has 2 fully saturated rings. The Bertz CT molecular complexity index is 479. The van der Waals surface area contributed by atoms with Crippen LogP contribution in [0.3, 0.4) is 0 Å². The normalized spacial score (nSPS) is 20.2. The highest BCUT2D eigenvalue weighted by Gasteiger charge is 2.43. The molecule has 1 unspecified atom stereocenters. The average Bonchev–Trinajstić information content (AvgIpc) is 2.71. The molecule has 172 valence electrons. The second kappa shape index (κ2) is 14.4. The first-order valence-electron chi connectivity index (χ1n) is 10.0. The van der Waals surface area contributed by atoms with E-state index in [0.29, 0.717) is 32.8 Å². The van der Waals surface area contributed by atoms with Crippen molar-refractivity contribution in [3.05, 3.63) is 0 Å². The van der Waals surface area contributed by atoms with Crippen LogP contribution in [-0.2, 0) is 19.1 Å². The number of amides is 2. The number of rotatable bonds is 9. The van der Waals surface area contributed by atoms with E-state index in [9.17, 15) is 9.59 Å². The second-order valence-corrected chi connectivity index (χ2v) is 7.60. The summed E-state index contributed by atoms with van der Waals surface area (Å²) in [6.07, 6.45) is 2.45. The van der Waals surface area contributed by atoms with Crippen molar-refractivity contribution in [3.63, 3.8) is 0 Å². The van der Waals surface area contributed by atoms with Crippen LogP contribution in [0.2, 0.25) is 0 Å². The van der Waals surface area contributed by atoms with Crippen LogP contribution in [0.25, 0.3) is 0 Å². The molecule has 8 nitrogen and oxygen atoms in total. The number of piperidine rings is 1. The Kier molecular flexibility index (Phi) is 14.1. The Morgan fingerprint density at radius 2 is 1.69 bits per heavy atom. The molecule has 2 amide bonds. The zero-order chi connectivity index (χ0) is 19.7. The van der Waals surface area contributed by atoms with Crippen LogP contribution in [0.5, 0.6) is 0 Å². The van der Waals surface area contributed by atoms with Gasteiger partial charge in [-0.15, -0.1) is 24.8 Å². The predicted molar refractivity (Wildman–Crippen MR) is 118 cm³/mol. The molecular weight excluding hydrogens is 419 g/mol. The summed E-state index contributed by atoms with van der Waals surface area (Å²) in [6.45, 7) is 8.18. The van der Waals surface area contributed by atoms with E-state index in [1.807, 2.05) is 11.8 Å². The van der Waals surface area contributed by atoms with Gasteiger partial charge in [-0.3, -0.25) is 14.5 Å². The minimum Gasteiger partial charge on any atom is -0.385 e. The molecule has 0 aromatic carbocycles. The summed E-state index contributed by atoms with van der Waals surface area (Å²) in [5, 5.41) is 6.29. The molecule has 0 aromatic heterocycles. The summed E-state index contributed by atoms with van der Waals surface area (Å²) in [7, 11) is 3.33. The van der Waals surface area contributed by atoms with Gasteiger partial charge in [0, 0.05) is 53.6 Å². The standard InChI is InChI=1S/C19H36N4O4.2ClH/c1-16(17(24)21-7-4-14-26-2)22-10-12-23(13-11-22)18(25)19(15-27-3)5-8-20-9-6-19;;/h16,20H,4-15H2,1-3H3,(H,21,24);2*1H. The fraction of sp³-hybridized carbons (Fsp3) is 0.895. The Hall–Kier alpha value is -0.640. The third-order valence-corrected chi connectivity index (χ3v) is 5.79.